The number of halogens is 1. The van der Waals surface area contributed by atoms with Crippen molar-refractivity contribution in [2.24, 2.45) is 5.92 Å². The van der Waals surface area contributed by atoms with Crippen LogP contribution >= 0.6 is 15.9 Å². The fourth-order valence-electron chi connectivity index (χ4n) is 2.85. The van der Waals surface area contributed by atoms with Gasteiger partial charge in [-0.15, -0.1) is 0 Å². The molecule has 0 aromatic heterocycles. The summed E-state index contributed by atoms with van der Waals surface area (Å²) in [5.41, 5.74) is 1.38. The highest BCUT2D eigenvalue weighted by Gasteiger charge is 2.30. The smallest absolute Gasteiger partial charge is 0.0343 e. The molecule has 2 rings (SSSR count). The molecule has 112 valence electrons. The molecule has 1 aliphatic rings. The summed E-state index contributed by atoms with van der Waals surface area (Å²) < 4.78 is 1.21. The van der Waals surface area contributed by atoms with Gasteiger partial charge in [-0.25, -0.2) is 0 Å². The van der Waals surface area contributed by atoms with Gasteiger partial charge in [-0.3, -0.25) is 0 Å². The molecular formula is C17H27BrN2. The molecule has 2 atom stereocenters. The molecule has 2 unspecified atom stereocenters. The molecule has 1 aliphatic carbocycles. The van der Waals surface area contributed by atoms with Crippen LogP contribution in [0.25, 0.3) is 0 Å². The molecule has 0 heterocycles. The monoisotopic (exact) mass is 338 g/mol. The Hall–Kier alpha value is -0.380. The largest absolute Gasteiger partial charge is 0.310 e. The van der Waals surface area contributed by atoms with Crippen molar-refractivity contribution in [3.63, 3.8) is 0 Å². The third-order valence-electron chi connectivity index (χ3n) is 4.50. The van der Waals surface area contributed by atoms with Crippen molar-refractivity contribution in [1.82, 2.24) is 10.2 Å². The summed E-state index contributed by atoms with van der Waals surface area (Å²) in [6.45, 7) is 6.71. The molecule has 1 fully saturated rings. The van der Waals surface area contributed by atoms with E-state index in [4.69, 9.17) is 0 Å². The molecule has 20 heavy (non-hydrogen) atoms. The van der Waals surface area contributed by atoms with Gasteiger partial charge in [0.1, 0.15) is 0 Å². The van der Waals surface area contributed by atoms with E-state index in [1.54, 1.807) is 0 Å². The van der Waals surface area contributed by atoms with Gasteiger partial charge in [-0.1, -0.05) is 41.1 Å². The predicted octanol–water partition coefficient (Wildman–Crippen LogP) is 4.22. The molecule has 1 aromatic rings. The van der Waals surface area contributed by atoms with Crippen molar-refractivity contribution in [2.45, 2.75) is 45.2 Å². The Morgan fingerprint density at radius 3 is 2.65 bits per heavy atom. The van der Waals surface area contributed by atoms with E-state index >= 15 is 0 Å². The lowest BCUT2D eigenvalue weighted by atomic mass is 10.0. The topological polar surface area (TPSA) is 15.3 Å². The Kier molecular flexibility index (Phi) is 6.06. The number of rotatable bonds is 8. The predicted molar refractivity (Wildman–Crippen MR) is 90.0 cm³/mol. The second kappa shape index (κ2) is 7.58. The molecule has 1 aromatic carbocycles. The van der Waals surface area contributed by atoms with E-state index in [1.807, 2.05) is 0 Å². The van der Waals surface area contributed by atoms with Crippen LogP contribution in [0.2, 0.25) is 0 Å². The van der Waals surface area contributed by atoms with Crippen LogP contribution in [0.3, 0.4) is 0 Å². The van der Waals surface area contributed by atoms with Crippen molar-refractivity contribution >= 4 is 15.9 Å². The second-order valence-corrected chi connectivity index (χ2v) is 6.83. The van der Waals surface area contributed by atoms with Crippen LogP contribution in [-0.4, -0.2) is 31.1 Å². The average Bonchev–Trinajstić information content (AvgIpc) is 3.27. The zero-order chi connectivity index (χ0) is 14.5. The minimum absolute atomic E-state index is 0.435. The number of hydrogen-bond acceptors (Lipinski definition) is 2. The molecule has 2 nitrogen and oxygen atoms in total. The summed E-state index contributed by atoms with van der Waals surface area (Å²) in [6, 6.07) is 9.73. The highest BCUT2D eigenvalue weighted by molar-refractivity contribution is 9.10. The lowest BCUT2D eigenvalue weighted by Gasteiger charge is -2.27. The quantitative estimate of drug-likeness (QED) is 0.763. The standard InChI is InChI=1S/C17H27BrN2/c1-4-19-17(15-7-5-6-8-16(15)18)11-12-20(3)13(2)14-9-10-14/h5-8,13-14,17,19H,4,9-12H2,1-3H3. The van der Waals surface area contributed by atoms with Crippen molar-refractivity contribution < 1.29 is 0 Å². The van der Waals surface area contributed by atoms with E-state index in [2.05, 4.69) is 71.3 Å². The molecule has 1 N–H and O–H groups in total. The van der Waals surface area contributed by atoms with Gasteiger partial charge in [-0.05, 0) is 63.9 Å². The molecule has 0 spiro atoms. The summed E-state index contributed by atoms with van der Waals surface area (Å²) in [6.07, 6.45) is 4.00. The first-order chi connectivity index (χ1) is 9.63. The van der Waals surface area contributed by atoms with Gasteiger partial charge < -0.3 is 10.2 Å². The SMILES string of the molecule is CCNC(CCN(C)C(C)C1CC1)c1ccccc1Br. The van der Waals surface area contributed by atoms with Gasteiger partial charge in [-0.2, -0.15) is 0 Å². The van der Waals surface area contributed by atoms with E-state index in [0.29, 0.717) is 6.04 Å². The Bertz CT molecular complexity index is 417. The Labute approximate surface area is 132 Å². The van der Waals surface area contributed by atoms with Crippen molar-refractivity contribution in [3.8, 4) is 0 Å². The fraction of sp³-hybridized carbons (Fsp3) is 0.647. The first-order valence-electron chi connectivity index (χ1n) is 7.81. The lowest BCUT2D eigenvalue weighted by Crippen LogP contribution is -2.34. The third kappa shape index (κ3) is 4.31. The maximum atomic E-state index is 3.68. The molecule has 0 aliphatic heterocycles. The summed E-state index contributed by atoms with van der Waals surface area (Å²) >= 11 is 3.68. The maximum absolute atomic E-state index is 3.68. The summed E-state index contributed by atoms with van der Waals surface area (Å²) in [7, 11) is 2.27. The lowest BCUT2D eigenvalue weighted by molar-refractivity contribution is 0.222. The van der Waals surface area contributed by atoms with E-state index in [0.717, 1.165) is 31.5 Å². The molecule has 0 bridgehead atoms. The number of benzene rings is 1. The molecule has 0 radical (unpaired) electrons. The van der Waals surface area contributed by atoms with E-state index in [9.17, 15) is 0 Å². The molecule has 1 saturated carbocycles. The van der Waals surface area contributed by atoms with Crippen molar-refractivity contribution in [2.75, 3.05) is 20.1 Å². The number of hydrogen-bond donors (Lipinski definition) is 1. The van der Waals surface area contributed by atoms with Gasteiger partial charge in [0.2, 0.25) is 0 Å². The molecule has 0 saturated heterocycles. The van der Waals surface area contributed by atoms with Crippen LogP contribution < -0.4 is 5.32 Å². The van der Waals surface area contributed by atoms with Gasteiger partial charge in [0.05, 0.1) is 0 Å². The Morgan fingerprint density at radius 2 is 2.05 bits per heavy atom. The first-order valence-corrected chi connectivity index (χ1v) is 8.60. The Balaban J connectivity index is 1.93. The van der Waals surface area contributed by atoms with Gasteiger partial charge in [0, 0.05) is 16.6 Å². The zero-order valence-corrected chi connectivity index (χ0v) is 14.5. The van der Waals surface area contributed by atoms with E-state index in [1.165, 1.54) is 22.9 Å². The van der Waals surface area contributed by atoms with Crippen LogP contribution in [0.4, 0.5) is 0 Å². The highest BCUT2D eigenvalue weighted by Crippen LogP contribution is 2.35. The maximum Gasteiger partial charge on any atom is 0.0343 e. The van der Waals surface area contributed by atoms with Gasteiger partial charge in [0.25, 0.3) is 0 Å². The van der Waals surface area contributed by atoms with Crippen LogP contribution in [0.1, 0.15) is 44.7 Å². The normalized spacial score (nSPS) is 18.2. The number of nitrogens with zero attached hydrogens (tertiary/aromatic N) is 1. The summed E-state index contributed by atoms with van der Waals surface area (Å²) in [5.74, 6) is 0.945. The third-order valence-corrected chi connectivity index (χ3v) is 5.22. The zero-order valence-electron chi connectivity index (χ0n) is 12.9. The second-order valence-electron chi connectivity index (χ2n) is 5.98. The molecule has 0 amide bonds. The minimum Gasteiger partial charge on any atom is -0.310 e. The summed E-state index contributed by atoms with van der Waals surface area (Å²) in [5, 5.41) is 3.62. The van der Waals surface area contributed by atoms with Crippen molar-refractivity contribution in [1.29, 1.82) is 0 Å². The van der Waals surface area contributed by atoms with Gasteiger partial charge in [0.15, 0.2) is 0 Å². The van der Waals surface area contributed by atoms with E-state index in [-0.39, 0.29) is 0 Å². The van der Waals surface area contributed by atoms with Gasteiger partial charge >= 0.3 is 0 Å². The van der Waals surface area contributed by atoms with Crippen molar-refractivity contribution in [3.05, 3.63) is 34.3 Å². The molecular weight excluding hydrogens is 312 g/mol. The van der Waals surface area contributed by atoms with E-state index < -0.39 is 0 Å². The summed E-state index contributed by atoms with van der Waals surface area (Å²) in [4.78, 5) is 2.53. The first kappa shape index (κ1) is 16.0. The highest BCUT2D eigenvalue weighted by atomic mass is 79.9. The van der Waals surface area contributed by atoms with Crippen LogP contribution in [0.5, 0.6) is 0 Å². The molecule has 3 heteroatoms. The minimum atomic E-state index is 0.435. The average molecular weight is 339 g/mol. The number of nitrogens with one attached hydrogen (secondary N) is 1. The van der Waals surface area contributed by atoms with Crippen LogP contribution in [-0.2, 0) is 0 Å². The fourth-order valence-corrected chi connectivity index (χ4v) is 3.41. The Morgan fingerprint density at radius 1 is 1.35 bits per heavy atom. The van der Waals surface area contributed by atoms with Crippen LogP contribution in [0.15, 0.2) is 28.7 Å². The van der Waals surface area contributed by atoms with Crippen LogP contribution in [0, 0.1) is 5.92 Å².